The van der Waals surface area contributed by atoms with E-state index in [0.717, 1.165) is 6.20 Å². The Balaban J connectivity index is 2.37. The number of hydrogen-bond donors (Lipinski definition) is 1. The molecular formula is C16H11Cl3F3N3O3. The molecule has 1 aromatic heterocycles. The van der Waals surface area contributed by atoms with Crippen LogP contribution in [0, 0.1) is 0 Å². The molecule has 0 fully saturated rings. The number of rotatable bonds is 5. The van der Waals surface area contributed by atoms with E-state index in [4.69, 9.17) is 34.8 Å². The Morgan fingerprint density at radius 2 is 1.79 bits per heavy atom. The number of esters is 1. The lowest BCUT2D eigenvalue weighted by molar-refractivity contribution is -0.143. The number of nitrogens with zero attached hydrogens (tertiary/aromatic N) is 2. The van der Waals surface area contributed by atoms with Gasteiger partial charge in [-0.1, -0.05) is 34.8 Å². The van der Waals surface area contributed by atoms with Gasteiger partial charge in [-0.15, -0.1) is 0 Å². The van der Waals surface area contributed by atoms with Crippen molar-refractivity contribution in [1.82, 2.24) is 9.78 Å². The number of benzene rings is 1. The first-order valence-electron chi connectivity index (χ1n) is 7.51. The fourth-order valence-corrected chi connectivity index (χ4v) is 2.35. The van der Waals surface area contributed by atoms with E-state index in [9.17, 15) is 22.8 Å². The van der Waals surface area contributed by atoms with Crippen LogP contribution in [0.1, 0.15) is 23.0 Å². The highest BCUT2D eigenvalue weighted by molar-refractivity contribution is 6.63. The molecule has 0 unspecified atom stereocenters. The molecule has 0 radical (unpaired) electrons. The van der Waals surface area contributed by atoms with Crippen LogP contribution >= 0.6 is 34.8 Å². The summed E-state index contributed by atoms with van der Waals surface area (Å²) in [6.07, 6.45) is -4.08. The molecule has 0 aliphatic rings. The number of carbonyl (C=O) groups excluding carboxylic acids is 2. The van der Waals surface area contributed by atoms with Gasteiger partial charge in [0.1, 0.15) is 15.1 Å². The van der Waals surface area contributed by atoms with Crippen LogP contribution in [-0.4, -0.2) is 28.3 Å². The molecule has 1 N–H and O–H groups in total. The molecule has 12 heteroatoms. The zero-order chi connectivity index (χ0) is 21.1. The minimum absolute atomic E-state index is 0.00196. The Morgan fingerprint density at radius 3 is 2.29 bits per heavy atom. The van der Waals surface area contributed by atoms with Crippen LogP contribution in [-0.2, 0) is 15.7 Å². The Labute approximate surface area is 171 Å². The van der Waals surface area contributed by atoms with Crippen LogP contribution in [0.15, 0.2) is 40.0 Å². The third-order valence-corrected chi connectivity index (χ3v) is 4.20. The van der Waals surface area contributed by atoms with Gasteiger partial charge in [-0.2, -0.15) is 18.3 Å². The van der Waals surface area contributed by atoms with Crippen molar-refractivity contribution in [2.75, 3.05) is 11.9 Å². The van der Waals surface area contributed by atoms with Gasteiger partial charge < -0.3 is 10.1 Å². The summed E-state index contributed by atoms with van der Waals surface area (Å²) in [7, 11) is 0. The van der Waals surface area contributed by atoms with E-state index in [-0.39, 0.29) is 18.0 Å². The summed E-state index contributed by atoms with van der Waals surface area (Å²) >= 11 is 16.4. The van der Waals surface area contributed by atoms with Gasteiger partial charge in [-0.3, -0.25) is 4.79 Å². The molecule has 2 aromatic rings. The summed E-state index contributed by atoms with van der Waals surface area (Å²) in [6, 6.07) is 5.14. The van der Waals surface area contributed by atoms with Gasteiger partial charge >= 0.3 is 12.1 Å². The average Bonchev–Trinajstić information content (AvgIpc) is 3.07. The van der Waals surface area contributed by atoms with Crippen LogP contribution < -0.4 is 5.32 Å². The largest absolute Gasteiger partial charge is 0.462 e. The smallest absolute Gasteiger partial charge is 0.434 e. The van der Waals surface area contributed by atoms with E-state index in [2.05, 4.69) is 15.2 Å². The maximum Gasteiger partial charge on any atom is 0.434 e. The van der Waals surface area contributed by atoms with Crippen molar-refractivity contribution in [1.29, 1.82) is 0 Å². The van der Waals surface area contributed by atoms with Gasteiger partial charge in [0.05, 0.1) is 18.5 Å². The van der Waals surface area contributed by atoms with Gasteiger partial charge in [0.2, 0.25) is 0 Å². The van der Waals surface area contributed by atoms with Crippen molar-refractivity contribution < 1.29 is 27.5 Å². The van der Waals surface area contributed by atoms with Gasteiger partial charge in [0.15, 0.2) is 5.69 Å². The summed E-state index contributed by atoms with van der Waals surface area (Å²) in [5.74, 6) is -1.93. The van der Waals surface area contributed by atoms with Crippen LogP contribution in [0.3, 0.4) is 0 Å². The molecular weight excluding hydrogens is 446 g/mol. The predicted molar refractivity (Wildman–Crippen MR) is 97.7 cm³/mol. The molecule has 28 heavy (non-hydrogen) atoms. The fourth-order valence-electron chi connectivity index (χ4n) is 2.13. The predicted octanol–water partition coefficient (Wildman–Crippen LogP) is 4.89. The minimum atomic E-state index is -4.86. The number of aromatic nitrogens is 2. The van der Waals surface area contributed by atoms with E-state index < -0.39 is 38.8 Å². The molecule has 1 aromatic carbocycles. The molecule has 0 saturated heterocycles. The second-order valence-electron chi connectivity index (χ2n) is 5.11. The third-order valence-electron chi connectivity index (χ3n) is 3.27. The van der Waals surface area contributed by atoms with Crippen molar-refractivity contribution in [2.45, 2.75) is 13.1 Å². The number of ether oxygens (including phenoxy) is 1. The van der Waals surface area contributed by atoms with Crippen LogP contribution in [0.2, 0.25) is 0 Å². The molecule has 0 spiro atoms. The first-order chi connectivity index (χ1) is 13.1. The lowest BCUT2D eigenvalue weighted by atomic mass is 10.2. The Hall–Kier alpha value is -2.23. The molecule has 0 atom stereocenters. The topological polar surface area (TPSA) is 73.2 Å². The molecule has 2 rings (SSSR count). The number of amides is 1. The summed E-state index contributed by atoms with van der Waals surface area (Å²) in [5.41, 5.74) is -1.77. The van der Waals surface area contributed by atoms with Crippen LogP contribution in [0.5, 0.6) is 0 Å². The zero-order valence-electron chi connectivity index (χ0n) is 14.0. The van der Waals surface area contributed by atoms with Crippen molar-refractivity contribution >= 4 is 52.4 Å². The summed E-state index contributed by atoms with van der Waals surface area (Å²) < 4.78 is 45.2. The minimum Gasteiger partial charge on any atom is -0.462 e. The van der Waals surface area contributed by atoms with Gasteiger partial charge in [-0.25, -0.2) is 9.48 Å². The number of carbonyl (C=O) groups is 2. The molecule has 0 bridgehead atoms. The normalized spacial score (nSPS) is 11.1. The highest BCUT2D eigenvalue weighted by Crippen LogP contribution is 2.34. The molecule has 0 aliphatic carbocycles. The van der Waals surface area contributed by atoms with Crippen molar-refractivity contribution in [3.8, 4) is 5.69 Å². The van der Waals surface area contributed by atoms with Crippen molar-refractivity contribution in [2.24, 2.45) is 0 Å². The van der Waals surface area contributed by atoms with Crippen molar-refractivity contribution in [3.05, 3.63) is 51.2 Å². The standard InChI is InChI=1S/C16H11Cl3F3N3O3/c1-2-28-15(27)10-7-23-25(12(10)16(20,21)22)9-5-3-8(4-6-9)24-14(26)11(17)13(18)19/h3-7H,2H2,1H3,(H,24,26). The summed E-state index contributed by atoms with van der Waals surface area (Å²) in [4.78, 5) is 23.5. The average molecular weight is 457 g/mol. The highest BCUT2D eigenvalue weighted by atomic mass is 35.5. The number of hydrogen-bond acceptors (Lipinski definition) is 4. The Bertz CT molecular complexity index is 921. The molecule has 1 heterocycles. The molecule has 0 aliphatic heterocycles. The number of anilines is 1. The van der Waals surface area contributed by atoms with E-state index in [1.54, 1.807) is 0 Å². The number of alkyl halides is 3. The fraction of sp³-hybridized carbons (Fsp3) is 0.188. The lowest BCUT2D eigenvalue weighted by Gasteiger charge is -2.13. The first-order valence-corrected chi connectivity index (χ1v) is 8.64. The third kappa shape index (κ3) is 4.98. The highest BCUT2D eigenvalue weighted by Gasteiger charge is 2.41. The number of nitrogens with one attached hydrogen (secondary N) is 1. The maximum absolute atomic E-state index is 13.5. The van der Waals surface area contributed by atoms with Crippen LogP contribution in [0.4, 0.5) is 18.9 Å². The second kappa shape index (κ2) is 8.85. The first kappa shape index (κ1) is 22.1. The number of halogens is 6. The molecule has 150 valence electrons. The molecule has 0 saturated carbocycles. The lowest BCUT2D eigenvalue weighted by Crippen LogP contribution is -2.18. The van der Waals surface area contributed by atoms with Gasteiger partial charge in [-0.05, 0) is 31.2 Å². The monoisotopic (exact) mass is 455 g/mol. The zero-order valence-corrected chi connectivity index (χ0v) is 16.2. The summed E-state index contributed by atoms with van der Waals surface area (Å²) in [6.45, 7) is 1.39. The van der Waals surface area contributed by atoms with Crippen LogP contribution in [0.25, 0.3) is 5.69 Å². The molecule has 1 amide bonds. The van der Waals surface area contributed by atoms with Crippen molar-refractivity contribution in [3.63, 3.8) is 0 Å². The van der Waals surface area contributed by atoms with E-state index in [1.165, 1.54) is 31.2 Å². The van der Waals surface area contributed by atoms with E-state index in [1.807, 2.05) is 0 Å². The SMILES string of the molecule is CCOC(=O)c1cnn(-c2ccc(NC(=O)C(Cl)=C(Cl)Cl)cc2)c1C(F)(F)F. The quantitative estimate of drug-likeness (QED) is 0.513. The Kier molecular flexibility index (Phi) is 6.97. The second-order valence-corrected chi connectivity index (χ2v) is 6.44. The summed E-state index contributed by atoms with van der Waals surface area (Å²) in [5, 5.41) is 5.56. The maximum atomic E-state index is 13.5. The Morgan fingerprint density at radius 1 is 1.18 bits per heavy atom. The van der Waals surface area contributed by atoms with E-state index >= 15 is 0 Å². The van der Waals surface area contributed by atoms with E-state index in [0.29, 0.717) is 4.68 Å². The van der Waals surface area contributed by atoms with Gasteiger partial charge in [0, 0.05) is 5.69 Å². The van der Waals surface area contributed by atoms with Gasteiger partial charge in [0.25, 0.3) is 5.91 Å². The molecule has 6 nitrogen and oxygen atoms in total.